The van der Waals surface area contributed by atoms with Crippen molar-refractivity contribution in [3.8, 4) is 0 Å². The molecule has 3 N–H and O–H groups in total. The molecule has 0 saturated carbocycles. The molecule has 0 aliphatic carbocycles. The summed E-state index contributed by atoms with van der Waals surface area (Å²) < 4.78 is 0. The standard InChI is InChI=1S/C13H16N4/c1-9-3-5-11(6-4-9)10(2)17-13-8-15-12(14)7-16-13/h3-8,10H,1-2H3,(H2,14,15)(H,16,17). The Morgan fingerprint density at radius 1 is 1.12 bits per heavy atom. The van der Waals surface area contributed by atoms with Gasteiger partial charge in [-0.15, -0.1) is 0 Å². The fourth-order valence-electron chi connectivity index (χ4n) is 1.57. The maximum Gasteiger partial charge on any atom is 0.145 e. The topological polar surface area (TPSA) is 63.8 Å². The van der Waals surface area contributed by atoms with E-state index < -0.39 is 0 Å². The molecule has 4 nitrogen and oxygen atoms in total. The number of anilines is 2. The number of hydrogen-bond acceptors (Lipinski definition) is 4. The molecule has 1 unspecified atom stereocenters. The van der Waals surface area contributed by atoms with Crippen molar-refractivity contribution >= 4 is 11.6 Å². The van der Waals surface area contributed by atoms with Gasteiger partial charge in [-0.25, -0.2) is 9.97 Å². The molecule has 1 atom stereocenters. The summed E-state index contributed by atoms with van der Waals surface area (Å²) in [5, 5.41) is 3.28. The van der Waals surface area contributed by atoms with Crippen molar-refractivity contribution in [2.45, 2.75) is 19.9 Å². The van der Waals surface area contributed by atoms with E-state index in [1.807, 2.05) is 0 Å². The maximum absolute atomic E-state index is 5.48. The zero-order valence-corrected chi connectivity index (χ0v) is 10.0. The van der Waals surface area contributed by atoms with Crippen molar-refractivity contribution in [3.05, 3.63) is 47.8 Å². The molecular weight excluding hydrogens is 212 g/mol. The van der Waals surface area contributed by atoms with E-state index in [4.69, 9.17) is 5.73 Å². The molecule has 0 saturated heterocycles. The van der Waals surface area contributed by atoms with Crippen LogP contribution in [0.1, 0.15) is 24.1 Å². The lowest BCUT2D eigenvalue weighted by Gasteiger charge is -2.14. The van der Waals surface area contributed by atoms with Crippen LogP contribution in [-0.2, 0) is 0 Å². The van der Waals surface area contributed by atoms with E-state index in [0.717, 1.165) is 5.82 Å². The van der Waals surface area contributed by atoms with Gasteiger partial charge in [0.15, 0.2) is 0 Å². The molecular formula is C13H16N4. The number of aromatic nitrogens is 2. The van der Waals surface area contributed by atoms with E-state index in [1.165, 1.54) is 11.1 Å². The first-order valence-corrected chi connectivity index (χ1v) is 5.56. The predicted molar refractivity (Wildman–Crippen MR) is 69.7 cm³/mol. The van der Waals surface area contributed by atoms with Crippen LogP contribution in [0, 0.1) is 6.92 Å². The van der Waals surface area contributed by atoms with Gasteiger partial charge in [0.1, 0.15) is 11.6 Å². The fraction of sp³-hybridized carbons (Fsp3) is 0.231. The van der Waals surface area contributed by atoms with Crippen molar-refractivity contribution in [2.24, 2.45) is 0 Å². The lowest BCUT2D eigenvalue weighted by atomic mass is 10.1. The number of nitrogen functional groups attached to an aromatic ring is 1. The molecule has 0 aliphatic heterocycles. The van der Waals surface area contributed by atoms with Gasteiger partial charge in [0.05, 0.1) is 12.4 Å². The number of nitrogens with one attached hydrogen (secondary N) is 1. The Hall–Kier alpha value is -2.10. The van der Waals surface area contributed by atoms with Crippen molar-refractivity contribution in [1.82, 2.24) is 9.97 Å². The van der Waals surface area contributed by atoms with Crippen LogP contribution in [-0.4, -0.2) is 9.97 Å². The highest BCUT2D eigenvalue weighted by Gasteiger charge is 2.05. The third-order valence-electron chi connectivity index (χ3n) is 2.61. The van der Waals surface area contributed by atoms with E-state index in [-0.39, 0.29) is 6.04 Å². The number of hydrogen-bond donors (Lipinski definition) is 2. The Kier molecular flexibility index (Phi) is 3.23. The highest BCUT2D eigenvalue weighted by Crippen LogP contribution is 2.17. The molecule has 1 heterocycles. The molecule has 0 radical (unpaired) electrons. The Bertz CT molecular complexity index is 476. The van der Waals surface area contributed by atoms with Gasteiger partial charge < -0.3 is 11.1 Å². The highest BCUT2D eigenvalue weighted by molar-refractivity contribution is 5.39. The minimum atomic E-state index is 0.188. The van der Waals surface area contributed by atoms with Crippen LogP contribution in [0.2, 0.25) is 0 Å². The second kappa shape index (κ2) is 4.82. The second-order valence-corrected chi connectivity index (χ2v) is 4.10. The third-order valence-corrected chi connectivity index (χ3v) is 2.61. The van der Waals surface area contributed by atoms with E-state index >= 15 is 0 Å². The van der Waals surface area contributed by atoms with E-state index in [2.05, 4.69) is 53.4 Å². The van der Waals surface area contributed by atoms with E-state index in [1.54, 1.807) is 12.4 Å². The van der Waals surface area contributed by atoms with Crippen LogP contribution >= 0.6 is 0 Å². The predicted octanol–water partition coefficient (Wildman–Crippen LogP) is 2.54. The molecule has 0 bridgehead atoms. The Morgan fingerprint density at radius 3 is 2.41 bits per heavy atom. The monoisotopic (exact) mass is 228 g/mol. The number of aryl methyl sites for hydroxylation is 1. The van der Waals surface area contributed by atoms with Crippen molar-refractivity contribution < 1.29 is 0 Å². The molecule has 4 heteroatoms. The first kappa shape index (κ1) is 11.4. The largest absolute Gasteiger partial charge is 0.382 e. The summed E-state index contributed by atoms with van der Waals surface area (Å²) in [6.45, 7) is 4.16. The molecule has 88 valence electrons. The summed E-state index contributed by atoms with van der Waals surface area (Å²) in [6, 6.07) is 8.60. The molecule has 0 spiro atoms. The average Bonchev–Trinajstić information content (AvgIpc) is 2.33. The third kappa shape index (κ3) is 2.93. The molecule has 2 rings (SSSR count). The Balaban J connectivity index is 2.08. The summed E-state index contributed by atoms with van der Waals surface area (Å²) in [7, 11) is 0. The highest BCUT2D eigenvalue weighted by atomic mass is 15.0. The van der Waals surface area contributed by atoms with Gasteiger partial charge in [0.2, 0.25) is 0 Å². The summed E-state index contributed by atoms with van der Waals surface area (Å²) in [6.07, 6.45) is 3.18. The molecule has 17 heavy (non-hydrogen) atoms. The zero-order chi connectivity index (χ0) is 12.3. The van der Waals surface area contributed by atoms with Crippen LogP contribution in [0.5, 0.6) is 0 Å². The quantitative estimate of drug-likeness (QED) is 0.847. The van der Waals surface area contributed by atoms with E-state index in [0.29, 0.717) is 5.82 Å². The zero-order valence-electron chi connectivity index (χ0n) is 10.0. The van der Waals surface area contributed by atoms with Crippen molar-refractivity contribution in [2.75, 3.05) is 11.1 Å². The van der Waals surface area contributed by atoms with Crippen LogP contribution in [0.4, 0.5) is 11.6 Å². The first-order valence-electron chi connectivity index (χ1n) is 5.56. The summed E-state index contributed by atoms with van der Waals surface area (Å²) >= 11 is 0. The number of rotatable bonds is 3. The maximum atomic E-state index is 5.48. The molecule has 0 fully saturated rings. The molecule has 2 aromatic rings. The number of nitrogens with zero attached hydrogens (tertiary/aromatic N) is 2. The minimum Gasteiger partial charge on any atom is -0.382 e. The minimum absolute atomic E-state index is 0.188. The van der Waals surface area contributed by atoms with Crippen molar-refractivity contribution in [1.29, 1.82) is 0 Å². The Morgan fingerprint density at radius 2 is 1.82 bits per heavy atom. The second-order valence-electron chi connectivity index (χ2n) is 4.10. The first-order chi connectivity index (χ1) is 8.15. The van der Waals surface area contributed by atoms with Gasteiger partial charge in [-0.2, -0.15) is 0 Å². The molecule has 1 aromatic heterocycles. The fourth-order valence-corrected chi connectivity index (χ4v) is 1.57. The van der Waals surface area contributed by atoms with Gasteiger partial charge in [-0.1, -0.05) is 29.8 Å². The van der Waals surface area contributed by atoms with Gasteiger partial charge >= 0.3 is 0 Å². The lowest BCUT2D eigenvalue weighted by Crippen LogP contribution is -2.08. The molecule has 0 amide bonds. The van der Waals surface area contributed by atoms with Gasteiger partial charge in [-0.05, 0) is 19.4 Å². The average molecular weight is 228 g/mol. The number of nitrogens with two attached hydrogens (primary N) is 1. The normalized spacial score (nSPS) is 12.1. The van der Waals surface area contributed by atoms with Gasteiger partial charge in [-0.3, -0.25) is 0 Å². The lowest BCUT2D eigenvalue weighted by molar-refractivity contribution is 0.871. The number of benzene rings is 1. The van der Waals surface area contributed by atoms with Gasteiger partial charge in [0.25, 0.3) is 0 Å². The SMILES string of the molecule is Cc1ccc(C(C)Nc2cnc(N)cn2)cc1. The summed E-state index contributed by atoms with van der Waals surface area (Å²) in [4.78, 5) is 8.16. The van der Waals surface area contributed by atoms with E-state index in [9.17, 15) is 0 Å². The van der Waals surface area contributed by atoms with Gasteiger partial charge in [0, 0.05) is 6.04 Å². The Labute approximate surface area is 101 Å². The van der Waals surface area contributed by atoms with Crippen molar-refractivity contribution in [3.63, 3.8) is 0 Å². The summed E-state index contributed by atoms with van der Waals surface area (Å²) in [5.41, 5.74) is 7.96. The molecule has 0 aliphatic rings. The van der Waals surface area contributed by atoms with Crippen LogP contribution < -0.4 is 11.1 Å². The van der Waals surface area contributed by atoms with Crippen LogP contribution in [0.25, 0.3) is 0 Å². The smallest absolute Gasteiger partial charge is 0.145 e. The van der Waals surface area contributed by atoms with Crippen LogP contribution in [0.15, 0.2) is 36.7 Å². The molecule has 1 aromatic carbocycles. The summed E-state index contributed by atoms with van der Waals surface area (Å²) in [5.74, 6) is 1.16. The van der Waals surface area contributed by atoms with Crippen LogP contribution in [0.3, 0.4) is 0 Å².